The third kappa shape index (κ3) is 6.29. The van der Waals surface area contributed by atoms with Crippen molar-refractivity contribution in [2.24, 2.45) is 5.92 Å². The van der Waals surface area contributed by atoms with Gasteiger partial charge in [-0.05, 0) is 99.5 Å². The number of nitrogens with zero attached hydrogens (tertiary/aromatic N) is 2. The number of benzene rings is 1. The maximum atomic E-state index is 5.82. The first kappa shape index (κ1) is 21.3. The lowest BCUT2D eigenvalue weighted by Gasteiger charge is -2.31. The van der Waals surface area contributed by atoms with Crippen molar-refractivity contribution in [1.29, 1.82) is 0 Å². The molecule has 1 fully saturated rings. The molecule has 5 heteroatoms. The predicted octanol–water partition coefficient (Wildman–Crippen LogP) is 5.69. The van der Waals surface area contributed by atoms with Crippen LogP contribution >= 0.6 is 23.6 Å². The van der Waals surface area contributed by atoms with Gasteiger partial charge in [-0.3, -0.25) is 0 Å². The highest BCUT2D eigenvalue weighted by molar-refractivity contribution is 7.80. The van der Waals surface area contributed by atoms with E-state index in [1.807, 2.05) is 0 Å². The SMILES string of the molecule is Cc1ccc(C)c(NC(=S)N(CCCN2CCC(C)CC2)Cc2cccs2)c1. The van der Waals surface area contributed by atoms with Gasteiger partial charge in [0.05, 0.1) is 6.54 Å². The lowest BCUT2D eigenvalue weighted by atomic mass is 9.99. The fraction of sp³-hybridized carbons (Fsp3) is 0.522. The molecule has 1 aromatic heterocycles. The minimum absolute atomic E-state index is 0.828. The number of thiocarbonyl (C=S) groups is 1. The van der Waals surface area contributed by atoms with E-state index in [2.05, 4.69) is 71.6 Å². The summed E-state index contributed by atoms with van der Waals surface area (Å²) < 4.78 is 0. The second kappa shape index (κ2) is 10.4. The fourth-order valence-corrected chi connectivity index (χ4v) is 4.66. The van der Waals surface area contributed by atoms with E-state index in [1.54, 1.807) is 11.3 Å². The topological polar surface area (TPSA) is 18.5 Å². The van der Waals surface area contributed by atoms with Crippen LogP contribution < -0.4 is 5.32 Å². The molecule has 3 nitrogen and oxygen atoms in total. The van der Waals surface area contributed by atoms with Crippen LogP contribution in [0, 0.1) is 19.8 Å². The third-order valence-electron chi connectivity index (χ3n) is 5.63. The molecule has 1 aliphatic heterocycles. The first-order chi connectivity index (χ1) is 13.5. The van der Waals surface area contributed by atoms with Crippen molar-refractivity contribution in [2.45, 2.75) is 46.6 Å². The van der Waals surface area contributed by atoms with Crippen LogP contribution in [0.4, 0.5) is 5.69 Å². The zero-order valence-electron chi connectivity index (χ0n) is 17.4. The van der Waals surface area contributed by atoms with Crippen LogP contribution in [-0.2, 0) is 6.54 Å². The van der Waals surface area contributed by atoms with Gasteiger partial charge in [-0.1, -0.05) is 25.1 Å². The summed E-state index contributed by atoms with van der Waals surface area (Å²) in [6, 6.07) is 10.8. The largest absolute Gasteiger partial charge is 0.344 e. The van der Waals surface area contributed by atoms with Gasteiger partial charge in [0, 0.05) is 17.1 Å². The van der Waals surface area contributed by atoms with Gasteiger partial charge in [0.2, 0.25) is 0 Å². The number of piperidine rings is 1. The molecule has 0 saturated carbocycles. The number of rotatable bonds is 7. The lowest BCUT2D eigenvalue weighted by Crippen LogP contribution is -2.38. The van der Waals surface area contributed by atoms with Crippen LogP contribution in [0.25, 0.3) is 0 Å². The molecule has 3 rings (SSSR count). The minimum atomic E-state index is 0.828. The van der Waals surface area contributed by atoms with E-state index < -0.39 is 0 Å². The molecule has 1 aliphatic rings. The molecule has 1 saturated heterocycles. The maximum Gasteiger partial charge on any atom is 0.173 e. The number of aryl methyl sites for hydroxylation is 2. The first-order valence-corrected chi connectivity index (χ1v) is 11.7. The molecular weight excluding hydrogens is 382 g/mol. The van der Waals surface area contributed by atoms with Gasteiger partial charge >= 0.3 is 0 Å². The minimum Gasteiger partial charge on any atom is -0.344 e. The quantitative estimate of drug-likeness (QED) is 0.586. The second-order valence-corrected chi connectivity index (χ2v) is 9.55. The summed E-state index contributed by atoms with van der Waals surface area (Å²) in [5, 5.41) is 6.48. The maximum absolute atomic E-state index is 5.82. The molecule has 1 N–H and O–H groups in total. The molecule has 28 heavy (non-hydrogen) atoms. The van der Waals surface area contributed by atoms with Crippen molar-refractivity contribution in [3.8, 4) is 0 Å². The van der Waals surface area contributed by atoms with Crippen molar-refractivity contribution in [3.63, 3.8) is 0 Å². The molecule has 0 atom stereocenters. The number of hydrogen-bond acceptors (Lipinski definition) is 3. The number of nitrogens with one attached hydrogen (secondary N) is 1. The highest BCUT2D eigenvalue weighted by Gasteiger charge is 2.17. The summed E-state index contributed by atoms with van der Waals surface area (Å²) in [6.07, 6.45) is 3.82. The highest BCUT2D eigenvalue weighted by Crippen LogP contribution is 2.20. The van der Waals surface area contributed by atoms with E-state index >= 15 is 0 Å². The molecule has 0 radical (unpaired) electrons. The average molecular weight is 416 g/mol. The van der Waals surface area contributed by atoms with E-state index in [1.165, 1.54) is 48.5 Å². The van der Waals surface area contributed by atoms with Crippen molar-refractivity contribution in [1.82, 2.24) is 9.80 Å². The van der Waals surface area contributed by atoms with Gasteiger partial charge < -0.3 is 15.1 Å². The number of likely N-dealkylation sites (tertiary alicyclic amines) is 1. The van der Waals surface area contributed by atoms with E-state index in [9.17, 15) is 0 Å². The standard InChI is InChI=1S/C23H33N3S2/c1-18-9-13-25(14-10-18)11-5-12-26(17-21-6-4-15-28-21)23(27)24-22-16-19(2)7-8-20(22)3/h4,6-8,15-16,18H,5,9-14,17H2,1-3H3,(H,24,27). The van der Waals surface area contributed by atoms with Crippen LogP contribution in [0.5, 0.6) is 0 Å². The van der Waals surface area contributed by atoms with Gasteiger partial charge in [-0.25, -0.2) is 0 Å². The van der Waals surface area contributed by atoms with E-state index in [0.717, 1.165) is 36.2 Å². The average Bonchev–Trinajstić information content (AvgIpc) is 3.18. The molecule has 0 amide bonds. The Morgan fingerprint density at radius 1 is 1.25 bits per heavy atom. The normalized spacial score (nSPS) is 15.5. The van der Waals surface area contributed by atoms with Gasteiger partial charge in [0.15, 0.2) is 5.11 Å². The highest BCUT2D eigenvalue weighted by atomic mass is 32.1. The van der Waals surface area contributed by atoms with Crippen molar-refractivity contribution in [2.75, 3.05) is 31.5 Å². The molecular formula is C23H33N3S2. The Labute approximate surface area is 179 Å². The molecule has 152 valence electrons. The number of thiophene rings is 1. The zero-order chi connectivity index (χ0) is 19.9. The van der Waals surface area contributed by atoms with Crippen LogP contribution in [0.3, 0.4) is 0 Å². The lowest BCUT2D eigenvalue weighted by molar-refractivity contribution is 0.186. The molecule has 0 unspecified atom stereocenters. The molecule has 0 bridgehead atoms. The van der Waals surface area contributed by atoms with E-state index in [4.69, 9.17) is 12.2 Å². The van der Waals surface area contributed by atoms with Crippen molar-refractivity contribution < 1.29 is 0 Å². The molecule has 2 heterocycles. The third-order valence-corrected chi connectivity index (χ3v) is 6.85. The summed E-state index contributed by atoms with van der Waals surface area (Å²) in [4.78, 5) is 6.30. The van der Waals surface area contributed by atoms with E-state index in [0.29, 0.717) is 0 Å². The molecule has 0 aliphatic carbocycles. The summed E-state index contributed by atoms with van der Waals surface area (Å²) in [6.45, 7) is 12.2. The Balaban J connectivity index is 1.59. The monoisotopic (exact) mass is 415 g/mol. The van der Waals surface area contributed by atoms with Crippen LogP contribution in [0.1, 0.15) is 42.2 Å². The summed E-state index contributed by atoms with van der Waals surface area (Å²) in [7, 11) is 0. The van der Waals surface area contributed by atoms with Gasteiger partial charge in [-0.15, -0.1) is 11.3 Å². The number of anilines is 1. The number of hydrogen-bond donors (Lipinski definition) is 1. The Hall–Kier alpha value is -1.43. The summed E-state index contributed by atoms with van der Waals surface area (Å²) in [5.74, 6) is 0.890. The van der Waals surface area contributed by atoms with Crippen molar-refractivity contribution >= 4 is 34.4 Å². The molecule has 1 aromatic carbocycles. The summed E-state index contributed by atoms with van der Waals surface area (Å²) >= 11 is 7.63. The second-order valence-electron chi connectivity index (χ2n) is 8.13. The van der Waals surface area contributed by atoms with Gasteiger partial charge in [-0.2, -0.15) is 0 Å². The van der Waals surface area contributed by atoms with Gasteiger partial charge in [0.25, 0.3) is 0 Å². The smallest absolute Gasteiger partial charge is 0.173 e. The fourth-order valence-electron chi connectivity index (χ4n) is 3.68. The van der Waals surface area contributed by atoms with Gasteiger partial charge in [0.1, 0.15) is 0 Å². The predicted molar refractivity (Wildman–Crippen MR) is 126 cm³/mol. The first-order valence-electron chi connectivity index (χ1n) is 10.4. The van der Waals surface area contributed by atoms with Crippen LogP contribution in [-0.4, -0.2) is 41.1 Å². The Kier molecular flexibility index (Phi) is 7.89. The molecule has 0 spiro atoms. The van der Waals surface area contributed by atoms with E-state index in [-0.39, 0.29) is 0 Å². The Bertz CT molecular complexity index is 749. The zero-order valence-corrected chi connectivity index (χ0v) is 19.0. The Morgan fingerprint density at radius 3 is 2.75 bits per heavy atom. The Morgan fingerprint density at radius 2 is 2.04 bits per heavy atom. The van der Waals surface area contributed by atoms with Crippen molar-refractivity contribution in [3.05, 3.63) is 51.7 Å². The van der Waals surface area contributed by atoms with Crippen LogP contribution in [0.2, 0.25) is 0 Å². The van der Waals surface area contributed by atoms with Crippen LogP contribution in [0.15, 0.2) is 35.7 Å². The molecule has 2 aromatic rings. The summed E-state index contributed by atoms with van der Waals surface area (Å²) in [5.41, 5.74) is 3.60.